The Hall–Kier alpha value is -0.860. The lowest BCUT2D eigenvalue weighted by Crippen LogP contribution is -2.47. The molecule has 2 N–H and O–H groups in total. The van der Waals surface area contributed by atoms with Crippen molar-refractivity contribution >= 4 is 5.91 Å². The molecule has 5 nitrogen and oxygen atoms in total. The van der Waals surface area contributed by atoms with Crippen molar-refractivity contribution < 1.29 is 22.7 Å². The molecule has 0 unspecified atom stereocenters. The van der Waals surface area contributed by atoms with Crippen LogP contribution in [0.1, 0.15) is 12.8 Å². The highest BCUT2D eigenvalue weighted by Gasteiger charge is 2.32. The third-order valence-corrected chi connectivity index (χ3v) is 3.17. The SMILES string of the molecule is COCCNC(=O)CNC1CCN(CC(F)(F)F)CC1. The Labute approximate surface area is 116 Å². The van der Waals surface area contributed by atoms with E-state index < -0.39 is 12.7 Å². The molecule has 1 amide bonds. The summed E-state index contributed by atoms with van der Waals surface area (Å²) in [5.41, 5.74) is 0. The van der Waals surface area contributed by atoms with Crippen LogP contribution in [0.15, 0.2) is 0 Å². The molecule has 0 aromatic rings. The molecule has 8 heteroatoms. The van der Waals surface area contributed by atoms with E-state index in [1.165, 1.54) is 4.90 Å². The second kappa shape index (κ2) is 8.43. The number of alkyl halides is 3. The number of amides is 1. The van der Waals surface area contributed by atoms with E-state index in [0.29, 0.717) is 39.1 Å². The lowest BCUT2D eigenvalue weighted by molar-refractivity contribution is -0.148. The Balaban J connectivity index is 2.12. The number of nitrogens with zero attached hydrogens (tertiary/aromatic N) is 1. The van der Waals surface area contributed by atoms with Crippen molar-refractivity contribution in [3.63, 3.8) is 0 Å². The fraction of sp³-hybridized carbons (Fsp3) is 0.917. The molecule has 0 aromatic heterocycles. The summed E-state index contributed by atoms with van der Waals surface area (Å²) >= 11 is 0. The molecule has 1 saturated heterocycles. The Morgan fingerprint density at radius 3 is 2.55 bits per heavy atom. The topological polar surface area (TPSA) is 53.6 Å². The second-order valence-corrected chi connectivity index (χ2v) is 4.89. The van der Waals surface area contributed by atoms with E-state index >= 15 is 0 Å². The van der Waals surface area contributed by atoms with Crippen molar-refractivity contribution in [1.82, 2.24) is 15.5 Å². The standard InChI is InChI=1S/C12H22F3N3O2/c1-20-7-4-16-11(19)8-17-10-2-5-18(6-3-10)9-12(13,14)15/h10,17H,2-9H2,1H3,(H,16,19). The average molecular weight is 297 g/mol. The smallest absolute Gasteiger partial charge is 0.383 e. The highest BCUT2D eigenvalue weighted by atomic mass is 19.4. The molecule has 1 fully saturated rings. The van der Waals surface area contributed by atoms with Gasteiger partial charge >= 0.3 is 6.18 Å². The summed E-state index contributed by atoms with van der Waals surface area (Å²) in [6, 6.07) is 0.104. The zero-order valence-corrected chi connectivity index (χ0v) is 11.6. The summed E-state index contributed by atoms with van der Waals surface area (Å²) in [6.07, 6.45) is -2.88. The molecule has 1 aliphatic heterocycles. The summed E-state index contributed by atoms with van der Waals surface area (Å²) in [6.45, 7) is 1.07. The molecule has 0 bridgehead atoms. The van der Waals surface area contributed by atoms with Gasteiger partial charge in [-0.3, -0.25) is 9.69 Å². The Morgan fingerprint density at radius 2 is 2.00 bits per heavy atom. The summed E-state index contributed by atoms with van der Waals surface area (Å²) in [5, 5.41) is 5.75. The normalized spacial score (nSPS) is 18.2. The molecule has 0 aromatic carbocycles. The van der Waals surface area contributed by atoms with Gasteiger partial charge in [0.05, 0.1) is 19.7 Å². The molecular weight excluding hydrogens is 275 g/mol. The van der Waals surface area contributed by atoms with Crippen molar-refractivity contribution in [2.75, 3.05) is 46.4 Å². The van der Waals surface area contributed by atoms with Gasteiger partial charge in [-0.2, -0.15) is 13.2 Å². The maximum Gasteiger partial charge on any atom is 0.401 e. The first-order chi connectivity index (χ1) is 9.40. The molecule has 20 heavy (non-hydrogen) atoms. The number of rotatable bonds is 7. The molecule has 0 saturated carbocycles. The predicted molar refractivity (Wildman–Crippen MR) is 68.4 cm³/mol. The van der Waals surface area contributed by atoms with Crippen LogP contribution in [0.5, 0.6) is 0 Å². The highest BCUT2D eigenvalue weighted by molar-refractivity contribution is 5.77. The summed E-state index contributed by atoms with van der Waals surface area (Å²) in [5.74, 6) is -0.125. The zero-order chi connectivity index (χ0) is 15.0. The molecule has 0 aliphatic carbocycles. The summed E-state index contributed by atoms with van der Waals surface area (Å²) in [4.78, 5) is 12.8. The molecule has 118 valence electrons. The van der Waals surface area contributed by atoms with Crippen LogP contribution in [0.25, 0.3) is 0 Å². The average Bonchev–Trinajstić information content (AvgIpc) is 2.36. The van der Waals surface area contributed by atoms with Crippen LogP contribution < -0.4 is 10.6 Å². The lowest BCUT2D eigenvalue weighted by atomic mass is 10.1. The van der Waals surface area contributed by atoms with Gasteiger partial charge in [-0.25, -0.2) is 0 Å². The van der Waals surface area contributed by atoms with Crippen LogP contribution in [0.2, 0.25) is 0 Å². The largest absolute Gasteiger partial charge is 0.401 e. The number of hydrogen-bond acceptors (Lipinski definition) is 4. The molecule has 1 heterocycles. The zero-order valence-electron chi connectivity index (χ0n) is 11.6. The Kier molecular flexibility index (Phi) is 7.25. The van der Waals surface area contributed by atoms with Crippen molar-refractivity contribution in [2.24, 2.45) is 0 Å². The van der Waals surface area contributed by atoms with Gasteiger partial charge in [-0.1, -0.05) is 0 Å². The van der Waals surface area contributed by atoms with Gasteiger partial charge in [0.1, 0.15) is 0 Å². The van der Waals surface area contributed by atoms with Gasteiger partial charge in [-0.15, -0.1) is 0 Å². The fourth-order valence-electron chi connectivity index (χ4n) is 2.14. The van der Waals surface area contributed by atoms with Crippen molar-refractivity contribution in [2.45, 2.75) is 25.1 Å². The number of ether oxygens (including phenoxy) is 1. The Bertz CT molecular complexity index is 292. The monoisotopic (exact) mass is 297 g/mol. The number of methoxy groups -OCH3 is 1. The first-order valence-electron chi connectivity index (χ1n) is 6.69. The van der Waals surface area contributed by atoms with E-state index in [1.807, 2.05) is 0 Å². The molecule has 0 spiro atoms. The highest BCUT2D eigenvalue weighted by Crippen LogP contribution is 2.19. The van der Waals surface area contributed by atoms with Crippen molar-refractivity contribution in [3.8, 4) is 0 Å². The van der Waals surface area contributed by atoms with Crippen LogP contribution in [0.3, 0.4) is 0 Å². The van der Waals surface area contributed by atoms with Crippen LogP contribution in [-0.4, -0.2) is 69.5 Å². The third kappa shape index (κ3) is 7.66. The van der Waals surface area contributed by atoms with Crippen LogP contribution in [-0.2, 0) is 9.53 Å². The van der Waals surface area contributed by atoms with Gasteiger partial charge in [0.25, 0.3) is 0 Å². The van der Waals surface area contributed by atoms with Gasteiger partial charge in [0.2, 0.25) is 5.91 Å². The third-order valence-electron chi connectivity index (χ3n) is 3.17. The molecule has 0 radical (unpaired) electrons. The van der Waals surface area contributed by atoms with Gasteiger partial charge in [-0.05, 0) is 25.9 Å². The number of carbonyl (C=O) groups excluding carboxylic acids is 1. The van der Waals surface area contributed by atoms with E-state index in [1.54, 1.807) is 7.11 Å². The van der Waals surface area contributed by atoms with Gasteiger partial charge in [0.15, 0.2) is 0 Å². The van der Waals surface area contributed by atoms with E-state index in [-0.39, 0.29) is 18.5 Å². The number of halogens is 3. The molecular formula is C12H22F3N3O2. The minimum atomic E-state index is -4.14. The van der Waals surface area contributed by atoms with Crippen LogP contribution >= 0.6 is 0 Å². The quantitative estimate of drug-likeness (QED) is 0.667. The minimum Gasteiger partial charge on any atom is -0.383 e. The molecule has 1 aliphatic rings. The Morgan fingerprint density at radius 1 is 1.35 bits per heavy atom. The van der Waals surface area contributed by atoms with E-state index in [2.05, 4.69) is 10.6 Å². The first-order valence-corrected chi connectivity index (χ1v) is 6.69. The van der Waals surface area contributed by atoms with E-state index in [4.69, 9.17) is 4.74 Å². The fourth-order valence-corrected chi connectivity index (χ4v) is 2.14. The maximum atomic E-state index is 12.2. The molecule has 1 rings (SSSR count). The van der Waals surface area contributed by atoms with E-state index in [0.717, 1.165) is 0 Å². The van der Waals surface area contributed by atoms with E-state index in [9.17, 15) is 18.0 Å². The number of hydrogen-bond donors (Lipinski definition) is 2. The number of piperidine rings is 1. The van der Waals surface area contributed by atoms with Gasteiger partial charge in [0, 0.05) is 19.7 Å². The number of likely N-dealkylation sites (tertiary alicyclic amines) is 1. The van der Waals surface area contributed by atoms with Crippen molar-refractivity contribution in [3.05, 3.63) is 0 Å². The minimum absolute atomic E-state index is 0.104. The number of carbonyl (C=O) groups is 1. The maximum absolute atomic E-state index is 12.2. The van der Waals surface area contributed by atoms with Crippen LogP contribution in [0.4, 0.5) is 13.2 Å². The summed E-state index contributed by atoms with van der Waals surface area (Å²) < 4.78 is 41.5. The van der Waals surface area contributed by atoms with Crippen LogP contribution in [0, 0.1) is 0 Å². The molecule has 0 atom stereocenters. The van der Waals surface area contributed by atoms with Crippen molar-refractivity contribution in [1.29, 1.82) is 0 Å². The lowest BCUT2D eigenvalue weighted by Gasteiger charge is -2.32. The second-order valence-electron chi connectivity index (χ2n) is 4.89. The van der Waals surface area contributed by atoms with Gasteiger partial charge < -0.3 is 15.4 Å². The summed E-state index contributed by atoms with van der Waals surface area (Å²) in [7, 11) is 1.55. The first kappa shape index (κ1) is 17.2. The predicted octanol–water partition coefficient (Wildman–Crippen LogP) is 0.365. The number of nitrogens with one attached hydrogen (secondary N) is 2.